The number of ether oxygens (including phenoxy) is 1. The summed E-state index contributed by atoms with van der Waals surface area (Å²) < 4.78 is 5.73. The zero-order valence-corrected chi connectivity index (χ0v) is 13.1. The van der Waals surface area contributed by atoms with E-state index < -0.39 is 0 Å². The summed E-state index contributed by atoms with van der Waals surface area (Å²) in [7, 11) is 8.43. The lowest BCUT2D eigenvalue weighted by Crippen LogP contribution is -2.14. The largest absolute Gasteiger partial charge is 0.494 e. The van der Waals surface area contributed by atoms with Crippen LogP contribution in [0.5, 0.6) is 5.75 Å². The smallest absolute Gasteiger partial charge is 0.122 e. The summed E-state index contributed by atoms with van der Waals surface area (Å²) in [5.74, 6) is 1.05. The molecule has 0 spiro atoms. The first kappa shape index (κ1) is 16.0. The van der Waals surface area contributed by atoms with Gasteiger partial charge in [-0.15, -0.1) is 0 Å². The first-order valence-electron chi connectivity index (χ1n) is 7.07. The van der Waals surface area contributed by atoms with Crippen LogP contribution in [-0.4, -0.2) is 51.1 Å². The summed E-state index contributed by atoms with van der Waals surface area (Å²) in [5, 5.41) is 0. The molecule has 0 amide bonds. The SMILES string of the molecule is CCOc1ccc(CN(C)C)cc1CCCN(C)C. The number of hydrogen-bond donors (Lipinski definition) is 0. The molecule has 0 aromatic heterocycles. The number of aryl methyl sites for hydroxylation is 1. The molecule has 19 heavy (non-hydrogen) atoms. The van der Waals surface area contributed by atoms with E-state index in [9.17, 15) is 0 Å². The summed E-state index contributed by atoms with van der Waals surface area (Å²) in [6.45, 7) is 4.86. The van der Waals surface area contributed by atoms with Gasteiger partial charge in [0, 0.05) is 6.54 Å². The Labute approximate surface area is 118 Å². The van der Waals surface area contributed by atoms with Crippen LogP contribution in [0, 0.1) is 0 Å². The summed E-state index contributed by atoms with van der Waals surface area (Å²) in [6, 6.07) is 6.58. The molecular weight excluding hydrogens is 236 g/mol. The van der Waals surface area contributed by atoms with Crippen molar-refractivity contribution in [1.82, 2.24) is 9.80 Å². The van der Waals surface area contributed by atoms with Gasteiger partial charge >= 0.3 is 0 Å². The van der Waals surface area contributed by atoms with Gasteiger partial charge in [-0.1, -0.05) is 12.1 Å². The summed E-state index contributed by atoms with van der Waals surface area (Å²) in [5.41, 5.74) is 2.69. The first-order valence-corrected chi connectivity index (χ1v) is 7.07. The molecule has 0 fully saturated rings. The summed E-state index contributed by atoms with van der Waals surface area (Å²) in [4.78, 5) is 4.42. The molecule has 0 radical (unpaired) electrons. The Kier molecular flexibility index (Phi) is 6.89. The van der Waals surface area contributed by atoms with Gasteiger partial charge in [0.1, 0.15) is 5.75 Å². The lowest BCUT2D eigenvalue weighted by Gasteiger charge is -2.15. The van der Waals surface area contributed by atoms with Crippen molar-refractivity contribution in [2.24, 2.45) is 0 Å². The minimum atomic E-state index is 0.730. The van der Waals surface area contributed by atoms with Crippen LogP contribution < -0.4 is 4.74 Å². The number of benzene rings is 1. The maximum atomic E-state index is 5.73. The van der Waals surface area contributed by atoms with Crippen LogP contribution in [0.25, 0.3) is 0 Å². The lowest BCUT2D eigenvalue weighted by molar-refractivity contribution is 0.334. The highest BCUT2D eigenvalue weighted by atomic mass is 16.5. The zero-order chi connectivity index (χ0) is 14.3. The number of hydrogen-bond acceptors (Lipinski definition) is 3. The number of nitrogens with zero attached hydrogens (tertiary/aromatic N) is 2. The fourth-order valence-electron chi connectivity index (χ4n) is 2.17. The Morgan fingerprint density at radius 2 is 1.79 bits per heavy atom. The third-order valence-corrected chi connectivity index (χ3v) is 2.97. The quantitative estimate of drug-likeness (QED) is 0.718. The van der Waals surface area contributed by atoms with Crippen molar-refractivity contribution in [3.05, 3.63) is 29.3 Å². The van der Waals surface area contributed by atoms with Crippen LogP contribution in [0.3, 0.4) is 0 Å². The molecule has 0 atom stereocenters. The van der Waals surface area contributed by atoms with Gasteiger partial charge in [-0.25, -0.2) is 0 Å². The predicted octanol–water partition coefficient (Wildman–Crippen LogP) is 2.64. The molecule has 0 N–H and O–H groups in total. The van der Waals surface area contributed by atoms with Gasteiger partial charge in [0.05, 0.1) is 6.61 Å². The second-order valence-electron chi connectivity index (χ2n) is 5.52. The van der Waals surface area contributed by atoms with E-state index in [2.05, 4.69) is 56.2 Å². The standard InChI is InChI=1S/C16H28N2O/c1-6-19-16-10-9-14(13-18(4)5)12-15(16)8-7-11-17(2)3/h9-10,12H,6-8,11,13H2,1-5H3. The Bertz CT molecular complexity index is 375. The highest BCUT2D eigenvalue weighted by Gasteiger charge is 2.06. The fraction of sp³-hybridized carbons (Fsp3) is 0.625. The van der Waals surface area contributed by atoms with E-state index >= 15 is 0 Å². The molecule has 3 heteroatoms. The van der Waals surface area contributed by atoms with E-state index in [1.807, 2.05) is 6.92 Å². The van der Waals surface area contributed by atoms with E-state index in [1.165, 1.54) is 17.5 Å². The molecular formula is C16H28N2O. The van der Waals surface area contributed by atoms with Gasteiger partial charge in [-0.2, -0.15) is 0 Å². The third-order valence-electron chi connectivity index (χ3n) is 2.97. The highest BCUT2D eigenvalue weighted by molar-refractivity contribution is 5.37. The molecule has 0 aliphatic heterocycles. The Hall–Kier alpha value is -1.06. The fourth-order valence-corrected chi connectivity index (χ4v) is 2.17. The van der Waals surface area contributed by atoms with Crippen LogP contribution in [-0.2, 0) is 13.0 Å². The van der Waals surface area contributed by atoms with Crippen LogP contribution in [0.2, 0.25) is 0 Å². The van der Waals surface area contributed by atoms with E-state index in [0.717, 1.165) is 31.9 Å². The monoisotopic (exact) mass is 264 g/mol. The Morgan fingerprint density at radius 3 is 2.37 bits per heavy atom. The number of rotatable bonds is 8. The minimum Gasteiger partial charge on any atom is -0.494 e. The first-order chi connectivity index (χ1) is 9.02. The zero-order valence-electron chi connectivity index (χ0n) is 13.1. The molecule has 0 saturated heterocycles. The van der Waals surface area contributed by atoms with Crippen molar-refractivity contribution in [2.75, 3.05) is 41.3 Å². The van der Waals surface area contributed by atoms with Crippen LogP contribution in [0.4, 0.5) is 0 Å². The molecule has 3 nitrogen and oxygen atoms in total. The second-order valence-corrected chi connectivity index (χ2v) is 5.52. The second kappa shape index (κ2) is 8.18. The van der Waals surface area contributed by atoms with Crippen molar-refractivity contribution in [3.63, 3.8) is 0 Å². The van der Waals surface area contributed by atoms with Gasteiger partial charge in [-0.3, -0.25) is 0 Å². The maximum absolute atomic E-state index is 5.73. The van der Waals surface area contributed by atoms with E-state index in [-0.39, 0.29) is 0 Å². The van der Waals surface area contributed by atoms with Gasteiger partial charge in [-0.05, 0) is 71.7 Å². The normalized spacial score (nSPS) is 11.3. The van der Waals surface area contributed by atoms with E-state index in [1.54, 1.807) is 0 Å². The molecule has 1 aromatic rings. The van der Waals surface area contributed by atoms with Crippen molar-refractivity contribution >= 4 is 0 Å². The summed E-state index contributed by atoms with van der Waals surface area (Å²) in [6.07, 6.45) is 2.24. The molecule has 0 bridgehead atoms. The van der Waals surface area contributed by atoms with Crippen molar-refractivity contribution in [2.45, 2.75) is 26.3 Å². The van der Waals surface area contributed by atoms with Gasteiger partial charge < -0.3 is 14.5 Å². The minimum absolute atomic E-state index is 0.730. The van der Waals surface area contributed by atoms with Crippen LogP contribution >= 0.6 is 0 Å². The average Bonchev–Trinajstić information content (AvgIpc) is 2.31. The Morgan fingerprint density at radius 1 is 1.05 bits per heavy atom. The van der Waals surface area contributed by atoms with Crippen LogP contribution in [0.15, 0.2) is 18.2 Å². The molecule has 0 heterocycles. The third kappa shape index (κ3) is 6.08. The molecule has 1 rings (SSSR count). The van der Waals surface area contributed by atoms with Gasteiger partial charge in [0.25, 0.3) is 0 Å². The molecule has 0 saturated carbocycles. The van der Waals surface area contributed by atoms with Gasteiger partial charge in [0.2, 0.25) is 0 Å². The van der Waals surface area contributed by atoms with Crippen molar-refractivity contribution in [3.8, 4) is 5.75 Å². The predicted molar refractivity (Wildman–Crippen MR) is 81.9 cm³/mol. The van der Waals surface area contributed by atoms with E-state index in [0.29, 0.717) is 0 Å². The van der Waals surface area contributed by atoms with Crippen molar-refractivity contribution < 1.29 is 4.74 Å². The molecule has 0 aliphatic carbocycles. The average molecular weight is 264 g/mol. The molecule has 1 aromatic carbocycles. The highest BCUT2D eigenvalue weighted by Crippen LogP contribution is 2.22. The molecule has 0 unspecified atom stereocenters. The van der Waals surface area contributed by atoms with Gasteiger partial charge in [0.15, 0.2) is 0 Å². The maximum Gasteiger partial charge on any atom is 0.122 e. The molecule has 0 aliphatic rings. The molecule has 108 valence electrons. The lowest BCUT2D eigenvalue weighted by atomic mass is 10.0. The van der Waals surface area contributed by atoms with Crippen LogP contribution in [0.1, 0.15) is 24.5 Å². The topological polar surface area (TPSA) is 15.7 Å². The summed E-state index contributed by atoms with van der Waals surface area (Å²) >= 11 is 0. The Balaban J connectivity index is 2.76. The van der Waals surface area contributed by atoms with Crippen molar-refractivity contribution in [1.29, 1.82) is 0 Å². The van der Waals surface area contributed by atoms with E-state index in [4.69, 9.17) is 4.74 Å².